The van der Waals surface area contributed by atoms with Gasteiger partial charge in [-0.2, -0.15) is 0 Å². The molecule has 0 radical (unpaired) electrons. The summed E-state index contributed by atoms with van der Waals surface area (Å²) in [5.74, 6) is 0.765. The molecular weight excluding hydrogens is 244 g/mol. The molecule has 6 nitrogen and oxygen atoms in total. The van der Waals surface area contributed by atoms with E-state index < -0.39 is 0 Å². The van der Waals surface area contributed by atoms with E-state index in [0.29, 0.717) is 35.0 Å². The van der Waals surface area contributed by atoms with Crippen molar-refractivity contribution in [3.63, 3.8) is 0 Å². The van der Waals surface area contributed by atoms with Gasteiger partial charge in [-0.25, -0.2) is 4.98 Å². The second-order valence-electron chi connectivity index (χ2n) is 4.98. The normalized spacial score (nSPS) is 16.5. The van der Waals surface area contributed by atoms with Crippen LogP contribution in [0.4, 0.5) is 11.6 Å². The molecule has 6 heteroatoms. The Morgan fingerprint density at radius 3 is 3.05 bits per heavy atom. The number of rotatable bonds is 4. The molecule has 3 rings (SSSR count). The number of aliphatic hydroxyl groups is 1. The van der Waals surface area contributed by atoms with Crippen LogP contribution >= 0.6 is 0 Å². The lowest BCUT2D eigenvalue weighted by atomic mass is 10.2. The number of aliphatic hydroxyl groups excluding tert-OH is 1. The number of nitrogens with one attached hydrogen (secondary N) is 2. The predicted molar refractivity (Wildman–Crippen MR) is 74.0 cm³/mol. The minimum absolute atomic E-state index is 0.235. The summed E-state index contributed by atoms with van der Waals surface area (Å²) in [6.45, 7) is 0.397. The van der Waals surface area contributed by atoms with Gasteiger partial charge in [0.25, 0.3) is 5.56 Å². The van der Waals surface area contributed by atoms with Crippen LogP contribution in [0.2, 0.25) is 0 Å². The van der Waals surface area contributed by atoms with E-state index >= 15 is 0 Å². The smallest absolute Gasteiger partial charge is 0.260 e. The molecule has 0 spiro atoms. The summed E-state index contributed by atoms with van der Waals surface area (Å²) in [6.07, 6.45) is 1.76. The number of anilines is 2. The Balaban J connectivity index is 1.84. The van der Waals surface area contributed by atoms with Crippen molar-refractivity contribution in [1.82, 2.24) is 9.97 Å². The maximum Gasteiger partial charge on any atom is 0.260 e. The van der Waals surface area contributed by atoms with Crippen LogP contribution < -0.4 is 16.6 Å². The van der Waals surface area contributed by atoms with Gasteiger partial charge in [0.05, 0.1) is 17.0 Å². The molecule has 2 aromatic rings. The first-order valence-electron chi connectivity index (χ1n) is 6.35. The Kier molecular flexibility index (Phi) is 2.87. The summed E-state index contributed by atoms with van der Waals surface area (Å²) in [5.41, 5.74) is 6.52. The van der Waals surface area contributed by atoms with Crippen LogP contribution in [0, 0.1) is 5.92 Å². The lowest BCUT2D eigenvalue weighted by Gasteiger charge is -2.11. The van der Waals surface area contributed by atoms with Gasteiger partial charge in [0.15, 0.2) is 0 Å². The highest BCUT2D eigenvalue weighted by atomic mass is 16.3. The fourth-order valence-corrected chi connectivity index (χ4v) is 2.09. The minimum Gasteiger partial charge on any atom is -0.399 e. The number of H-pyrrole nitrogens is 1. The number of aromatic nitrogens is 2. The number of hydrogen-bond donors (Lipinski definition) is 4. The van der Waals surface area contributed by atoms with E-state index in [1.54, 1.807) is 18.2 Å². The monoisotopic (exact) mass is 260 g/mol. The van der Waals surface area contributed by atoms with Crippen molar-refractivity contribution in [2.45, 2.75) is 18.9 Å². The molecule has 1 heterocycles. The molecule has 1 fully saturated rings. The standard InChI is InChI=1S/C13H16N4O2/c14-8-3-4-10-9(5-8)12(19)17-13(16-10)15-6-11(18)7-1-2-7/h3-5,7,11,18H,1-2,6,14H2,(H2,15,16,17,19). The van der Waals surface area contributed by atoms with Crippen LogP contribution in [0.15, 0.2) is 23.0 Å². The van der Waals surface area contributed by atoms with Gasteiger partial charge in [-0.05, 0) is 37.0 Å². The molecular formula is C13H16N4O2. The summed E-state index contributed by atoms with van der Waals surface area (Å²) >= 11 is 0. The predicted octanol–water partition coefficient (Wildman–Crippen LogP) is 0.688. The van der Waals surface area contributed by atoms with E-state index in [1.807, 2.05) is 0 Å². The molecule has 0 bridgehead atoms. The van der Waals surface area contributed by atoms with Gasteiger partial charge in [-0.3, -0.25) is 9.78 Å². The SMILES string of the molecule is Nc1ccc2nc(NCC(O)C3CC3)[nH]c(=O)c2c1. The average Bonchev–Trinajstić information content (AvgIpc) is 3.21. The van der Waals surface area contributed by atoms with Crippen LogP contribution in [0.3, 0.4) is 0 Å². The van der Waals surface area contributed by atoms with Gasteiger partial charge in [-0.1, -0.05) is 0 Å². The fourth-order valence-electron chi connectivity index (χ4n) is 2.09. The van der Waals surface area contributed by atoms with E-state index in [1.165, 1.54) is 0 Å². The van der Waals surface area contributed by atoms with Crippen LogP contribution in [0.1, 0.15) is 12.8 Å². The Hall–Kier alpha value is -2.08. The molecule has 19 heavy (non-hydrogen) atoms. The van der Waals surface area contributed by atoms with Crippen molar-refractivity contribution < 1.29 is 5.11 Å². The molecule has 1 aromatic heterocycles. The highest BCUT2D eigenvalue weighted by Crippen LogP contribution is 2.32. The van der Waals surface area contributed by atoms with Crippen LogP contribution in [-0.4, -0.2) is 27.7 Å². The zero-order valence-electron chi connectivity index (χ0n) is 10.4. The summed E-state index contributed by atoms with van der Waals surface area (Å²) in [7, 11) is 0. The lowest BCUT2D eigenvalue weighted by Crippen LogP contribution is -2.23. The Bertz CT molecular complexity index is 663. The maximum atomic E-state index is 11.9. The number of fused-ring (bicyclic) bond motifs is 1. The second-order valence-corrected chi connectivity index (χ2v) is 4.98. The third kappa shape index (κ3) is 2.53. The first kappa shape index (κ1) is 12.0. The Morgan fingerprint density at radius 1 is 1.53 bits per heavy atom. The highest BCUT2D eigenvalue weighted by Gasteiger charge is 2.29. The van der Waals surface area contributed by atoms with Gasteiger partial charge in [0.2, 0.25) is 5.95 Å². The first-order chi connectivity index (χ1) is 9.13. The number of nitrogens with zero attached hydrogens (tertiary/aromatic N) is 1. The van der Waals surface area contributed by atoms with E-state index in [2.05, 4.69) is 15.3 Å². The molecule has 1 aliphatic rings. The number of nitrogen functional groups attached to an aromatic ring is 1. The number of aromatic amines is 1. The number of hydrogen-bond acceptors (Lipinski definition) is 5. The molecule has 1 aliphatic carbocycles. The topological polar surface area (TPSA) is 104 Å². The molecule has 1 aromatic carbocycles. The summed E-state index contributed by atoms with van der Waals surface area (Å²) < 4.78 is 0. The van der Waals surface area contributed by atoms with Crippen molar-refractivity contribution >= 4 is 22.5 Å². The fraction of sp³-hybridized carbons (Fsp3) is 0.385. The molecule has 1 saturated carbocycles. The van der Waals surface area contributed by atoms with Gasteiger partial charge < -0.3 is 16.2 Å². The highest BCUT2D eigenvalue weighted by molar-refractivity contribution is 5.81. The third-order valence-electron chi connectivity index (χ3n) is 3.37. The van der Waals surface area contributed by atoms with Crippen molar-refractivity contribution in [3.8, 4) is 0 Å². The molecule has 0 saturated heterocycles. The molecule has 1 unspecified atom stereocenters. The zero-order chi connectivity index (χ0) is 13.4. The number of benzene rings is 1. The van der Waals surface area contributed by atoms with Gasteiger partial charge in [-0.15, -0.1) is 0 Å². The van der Waals surface area contributed by atoms with Crippen molar-refractivity contribution in [2.75, 3.05) is 17.6 Å². The minimum atomic E-state index is -0.382. The second kappa shape index (κ2) is 4.55. The quantitative estimate of drug-likeness (QED) is 0.605. The lowest BCUT2D eigenvalue weighted by molar-refractivity contribution is 0.164. The summed E-state index contributed by atoms with van der Waals surface area (Å²) in [6, 6.07) is 5.02. The summed E-state index contributed by atoms with van der Waals surface area (Å²) in [4.78, 5) is 18.8. The van der Waals surface area contributed by atoms with Gasteiger partial charge in [0.1, 0.15) is 0 Å². The van der Waals surface area contributed by atoms with Crippen LogP contribution in [-0.2, 0) is 0 Å². The Labute approximate surface area is 109 Å². The van der Waals surface area contributed by atoms with E-state index in [9.17, 15) is 9.90 Å². The molecule has 5 N–H and O–H groups in total. The number of nitrogens with two attached hydrogens (primary N) is 1. The van der Waals surface area contributed by atoms with Gasteiger partial charge >= 0.3 is 0 Å². The van der Waals surface area contributed by atoms with E-state index in [4.69, 9.17) is 5.73 Å². The van der Waals surface area contributed by atoms with Crippen LogP contribution in [0.5, 0.6) is 0 Å². The first-order valence-corrected chi connectivity index (χ1v) is 6.35. The van der Waals surface area contributed by atoms with Gasteiger partial charge in [0, 0.05) is 12.2 Å². The van der Waals surface area contributed by atoms with Crippen LogP contribution in [0.25, 0.3) is 10.9 Å². The third-order valence-corrected chi connectivity index (χ3v) is 3.37. The van der Waals surface area contributed by atoms with Crippen molar-refractivity contribution in [1.29, 1.82) is 0 Å². The molecule has 1 atom stereocenters. The molecule has 0 aliphatic heterocycles. The average molecular weight is 260 g/mol. The van der Waals surface area contributed by atoms with Crippen molar-refractivity contribution in [2.24, 2.45) is 5.92 Å². The maximum absolute atomic E-state index is 11.9. The summed E-state index contributed by atoms with van der Waals surface area (Å²) in [5, 5.41) is 13.2. The molecule has 0 amide bonds. The largest absolute Gasteiger partial charge is 0.399 e. The Morgan fingerprint density at radius 2 is 2.32 bits per heavy atom. The van der Waals surface area contributed by atoms with E-state index in [0.717, 1.165) is 12.8 Å². The molecule has 100 valence electrons. The van der Waals surface area contributed by atoms with E-state index in [-0.39, 0.29) is 11.7 Å². The van der Waals surface area contributed by atoms with Crippen molar-refractivity contribution in [3.05, 3.63) is 28.6 Å². The zero-order valence-corrected chi connectivity index (χ0v) is 10.4.